The van der Waals surface area contributed by atoms with Crippen LogP contribution >= 0.6 is 0 Å². The predicted octanol–water partition coefficient (Wildman–Crippen LogP) is 15.6. The van der Waals surface area contributed by atoms with E-state index in [-0.39, 0.29) is 0 Å². The summed E-state index contributed by atoms with van der Waals surface area (Å²) in [6.07, 6.45) is 0.925. The molecule has 270 valence electrons. The largest absolute Gasteiger partial charge is 0.456 e. The molecule has 0 radical (unpaired) electrons. The van der Waals surface area contributed by atoms with Gasteiger partial charge in [-0.15, -0.1) is 0 Å². The number of hydrogen-bond acceptors (Lipinski definition) is 2. The van der Waals surface area contributed by atoms with Gasteiger partial charge < -0.3 is 8.83 Å². The molecule has 2 aromatic heterocycles. The Hall–Kier alpha value is -6.64. The van der Waals surface area contributed by atoms with Gasteiger partial charge in [-0.3, -0.25) is 0 Å². The number of para-hydroxylation sites is 2. The van der Waals surface area contributed by atoms with Crippen molar-refractivity contribution in [1.29, 1.82) is 0 Å². The third-order valence-corrected chi connectivity index (χ3v) is 11.6. The van der Waals surface area contributed by atoms with Gasteiger partial charge in [-0.2, -0.15) is 0 Å². The van der Waals surface area contributed by atoms with Crippen molar-refractivity contribution >= 4 is 43.9 Å². The number of benzene rings is 8. The van der Waals surface area contributed by atoms with E-state index in [9.17, 15) is 0 Å². The number of rotatable bonds is 8. The average molecular weight is 723 g/mol. The van der Waals surface area contributed by atoms with E-state index in [1.807, 2.05) is 12.1 Å². The molecule has 56 heavy (non-hydrogen) atoms. The zero-order chi connectivity index (χ0) is 37.8. The van der Waals surface area contributed by atoms with Crippen LogP contribution in [0.3, 0.4) is 0 Å². The molecule has 8 aromatic carbocycles. The van der Waals surface area contributed by atoms with Crippen LogP contribution in [-0.4, -0.2) is 0 Å². The molecule has 0 aliphatic rings. The van der Waals surface area contributed by atoms with E-state index in [1.54, 1.807) is 0 Å². The van der Waals surface area contributed by atoms with E-state index in [0.29, 0.717) is 11.8 Å². The van der Waals surface area contributed by atoms with Crippen molar-refractivity contribution in [3.63, 3.8) is 0 Å². The molecule has 10 aromatic rings. The summed E-state index contributed by atoms with van der Waals surface area (Å²) < 4.78 is 12.8. The lowest BCUT2D eigenvalue weighted by Crippen LogP contribution is -1.98. The highest BCUT2D eigenvalue weighted by Crippen LogP contribution is 2.38. The van der Waals surface area contributed by atoms with Crippen LogP contribution in [0.25, 0.3) is 88.4 Å². The van der Waals surface area contributed by atoms with Gasteiger partial charge in [-0.1, -0.05) is 172 Å². The SMILES string of the molecule is CC(C)c1cccc(-c2ccc(-c3ccc4oc5cc(CC(C)c6cccc(-c7ccc(-c8cccc9c8oc8ccccc89)cc7)c6)ccc5c4c3)cc2)c1. The van der Waals surface area contributed by atoms with E-state index in [2.05, 4.69) is 185 Å². The van der Waals surface area contributed by atoms with Crippen molar-refractivity contribution in [1.82, 2.24) is 0 Å². The van der Waals surface area contributed by atoms with Crippen LogP contribution in [0.2, 0.25) is 0 Å². The maximum absolute atomic E-state index is 6.43. The van der Waals surface area contributed by atoms with Crippen LogP contribution in [0.15, 0.2) is 185 Å². The van der Waals surface area contributed by atoms with Gasteiger partial charge in [0, 0.05) is 27.1 Å². The van der Waals surface area contributed by atoms with Gasteiger partial charge in [0.2, 0.25) is 0 Å². The summed E-state index contributed by atoms with van der Waals surface area (Å²) in [6.45, 7) is 6.80. The Labute approximate surface area is 327 Å². The van der Waals surface area contributed by atoms with Gasteiger partial charge in [0.15, 0.2) is 0 Å². The second-order valence-electron chi connectivity index (χ2n) is 15.6. The van der Waals surface area contributed by atoms with Crippen LogP contribution in [0.4, 0.5) is 0 Å². The van der Waals surface area contributed by atoms with Gasteiger partial charge in [-0.05, 0) is 98.2 Å². The second kappa shape index (κ2) is 13.9. The lowest BCUT2D eigenvalue weighted by molar-refractivity contribution is 0.667. The monoisotopic (exact) mass is 722 g/mol. The molecule has 0 saturated heterocycles. The molecular weight excluding hydrogens is 681 g/mol. The summed E-state index contributed by atoms with van der Waals surface area (Å²) in [6, 6.07) is 63.6. The highest BCUT2D eigenvalue weighted by molar-refractivity contribution is 6.09. The van der Waals surface area contributed by atoms with Crippen molar-refractivity contribution in [2.75, 3.05) is 0 Å². The summed E-state index contributed by atoms with van der Waals surface area (Å²) in [5.41, 5.74) is 17.3. The van der Waals surface area contributed by atoms with Crippen molar-refractivity contribution < 1.29 is 8.83 Å². The standard InChI is InChI=1S/C54H42O2/c1-34(2)41-9-6-11-43(31-41)37-18-20-39(21-19-37)45-26-28-52-50(33-45)48-27-17-36(30-53(48)55-52)29-35(3)42-10-7-12-44(32-42)38-22-24-40(25-23-38)46-14-8-15-49-47-13-4-5-16-51(47)56-54(46)49/h4-28,30-35H,29H2,1-3H3. The maximum atomic E-state index is 6.43. The van der Waals surface area contributed by atoms with Crippen molar-refractivity contribution in [3.05, 3.63) is 193 Å². The molecule has 10 rings (SSSR count). The quantitative estimate of drug-likeness (QED) is 0.156. The van der Waals surface area contributed by atoms with Gasteiger partial charge in [0.25, 0.3) is 0 Å². The van der Waals surface area contributed by atoms with E-state index in [0.717, 1.165) is 61.4 Å². The Morgan fingerprint density at radius 1 is 0.375 bits per heavy atom. The molecule has 1 atom stereocenters. The topological polar surface area (TPSA) is 26.3 Å². The van der Waals surface area contributed by atoms with E-state index in [1.165, 1.54) is 50.1 Å². The van der Waals surface area contributed by atoms with Gasteiger partial charge in [0.1, 0.15) is 22.3 Å². The highest BCUT2D eigenvalue weighted by atomic mass is 16.3. The molecule has 2 heteroatoms. The van der Waals surface area contributed by atoms with Crippen LogP contribution < -0.4 is 0 Å². The third-order valence-electron chi connectivity index (χ3n) is 11.6. The Morgan fingerprint density at radius 3 is 1.68 bits per heavy atom. The number of fused-ring (bicyclic) bond motifs is 6. The summed E-state index contributed by atoms with van der Waals surface area (Å²) >= 11 is 0. The Morgan fingerprint density at radius 2 is 0.946 bits per heavy atom. The van der Waals surface area contributed by atoms with E-state index >= 15 is 0 Å². The van der Waals surface area contributed by atoms with Crippen LogP contribution in [0, 0.1) is 0 Å². The van der Waals surface area contributed by atoms with Gasteiger partial charge in [-0.25, -0.2) is 0 Å². The summed E-state index contributed by atoms with van der Waals surface area (Å²) in [5, 5.41) is 4.61. The lowest BCUT2D eigenvalue weighted by Gasteiger charge is -2.14. The second-order valence-corrected chi connectivity index (χ2v) is 15.6. The molecule has 2 nitrogen and oxygen atoms in total. The fourth-order valence-electron chi connectivity index (χ4n) is 8.37. The summed E-state index contributed by atoms with van der Waals surface area (Å²) in [5.74, 6) is 0.847. The zero-order valence-electron chi connectivity index (χ0n) is 31.9. The van der Waals surface area contributed by atoms with Crippen molar-refractivity contribution in [2.45, 2.75) is 39.0 Å². The first-order valence-corrected chi connectivity index (χ1v) is 19.7. The first kappa shape index (κ1) is 33.9. The first-order valence-electron chi connectivity index (χ1n) is 19.7. The fraction of sp³-hybridized carbons (Fsp3) is 0.111. The van der Waals surface area contributed by atoms with Gasteiger partial charge in [0.05, 0.1) is 0 Å². The molecule has 0 aliphatic carbocycles. The Bertz CT molecular complexity index is 3030. The Kier molecular flexibility index (Phi) is 8.41. The molecule has 0 amide bonds. The number of furan rings is 2. The van der Waals surface area contributed by atoms with Gasteiger partial charge >= 0.3 is 0 Å². The van der Waals surface area contributed by atoms with E-state index < -0.39 is 0 Å². The minimum Gasteiger partial charge on any atom is -0.456 e. The van der Waals surface area contributed by atoms with Crippen molar-refractivity contribution in [2.24, 2.45) is 0 Å². The molecule has 0 aliphatic heterocycles. The summed E-state index contributed by atoms with van der Waals surface area (Å²) in [4.78, 5) is 0. The highest BCUT2D eigenvalue weighted by Gasteiger charge is 2.15. The molecular formula is C54H42O2. The maximum Gasteiger partial charge on any atom is 0.143 e. The predicted molar refractivity (Wildman–Crippen MR) is 235 cm³/mol. The Balaban J connectivity index is 0.865. The minimum absolute atomic E-state index is 0.337. The third kappa shape index (κ3) is 6.18. The molecule has 0 N–H and O–H groups in total. The molecule has 0 saturated carbocycles. The number of hydrogen-bond donors (Lipinski definition) is 0. The first-order chi connectivity index (χ1) is 27.4. The molecule has 0 spiro atoms. The fourth-order valence-corrected chi connectivity index (χ4v) is 8.37. The van der Waals surface area contributed by atoms with Crippen molar-refractivity contribution in [3.8, 4) is 44.5 Å². The normalized spacial score (nSPS) is 12.4. The van der Waals surface area contributed by atoms with E-state index in [4.69, 9.17) is 8.83 Å². The minimum atomic E-state index is 0.337. The smallest absolute Gasteiger partial charge is 0.143 e. The summed E-state index contributed by atoms with van der Waals surface area (Å²) in [7, 11) is 0. The van der Waals surface area contributed by atoms with Crippen LogP contribution in [-0.2, 0) is 6.42 Å². The van der Waals surface area contributed by atoms with Crippen LogP contribution in [0.1, 0.15) is 49.3 Å². The molecule has 0 fully saturated rings. The molecule has 0 bridgehead atoms. The lowest BCUT2D eigenvalue weighted by atomic mass is 9.91. The zero-order valence-corrected chi connectivity index (χ0v) is 31.9. The molecule has 2 heterocycles. The molecule has 1 unspecified atom stereocenters. The van der Waals surface area contributed by atoms with Crippen LogP contribution in [0.5, 0.6) is 0 Å². The average Bonchev–Trinajstić information content (AvgIpc) is 3.81.